The maximum absolute atomic E-state index is 9.74. The first-order valence-corrected chi connectivity index (χ1v) is 6.04. The number of carbonyl (C=O) groups excluding carboxylic acids is 1. The number of methoxy groups -OCH3 is 2. The van der Waals surface area contributed by atoms with Crippen LogP contribution in [0.15, 0.2) is 4.99 Å². The van der Waals surface area contributed by atoms with Crippen LogP contribution in [-0.2, 0) is 18.7 Å². The van der Waals surface area contributed by atoms with Crippen LogP contribution in [0.3, 0.4) is 0 Å². The molecule has 0 N–H and O–H groups in total. The van der Waals surface area contributed by atoms with Crippen molar-refractivity contribution in [1.82, 2.24) is 0 Å². The quantitative estimate of drug-likeness (QED) is 0.192. The molecule has 0 aliphatic heterocycles. The van der Waals surface area contributed by atoms with E-state index in [9.17, 15) is 4.79 Å². The van der Waals surface area contributed by atoms with Crippen molar-refractivity contribution in [1.29, 1.82) is 0 Å². The molecule has 0 aromatic heterocycles. The highest BCUT2D eigenvalue weighted by Gasteiger charge is 2.22. The summed E-state index contributed by atoms with van der Waals surface area (Å²) in [4.78, 5) is 13.2. The summed E-state index contributed by atoms with van der Waals surface area (Å²) in [5.74, 6) is -0.917. The predicted octanol–water partition coefficient (Wildman–Crippen LogP) is 0.197. The molecule has 0 aromatic carbocycles. The van der Waals surface area contributed by atoms with Gasteiger partial charge in [0.15, 0.2) is 9.76 Å². The molecule has 0 atom stereocenters. The first-order chi connectivity index (χ1) is 6.68. The van der Waals surface area contributed by atoms with Gasteiger partial charge in [-0.15, -0.1) is 0 Å². The number of nitrogens with zero attached hydrogens (tertiary/aromatic N) is 1. The second-order valence-electron chi connectivity index (χ2n) is 2.80. The summed E-state index contributed by atoms with van der Waals surface area (Å²) >= 11 is 0. The van der Waals surface area contributed by atoms with Crippen LogP contribution >= 0.6 is 0 Å². The van der Waals surface area contributed by atoms with Gasteiger partial charge in [0.25, 0.3) is 5.97 Å². The molecule has 6 heteroatoms. The van der Waals surface area contributed by atoms with Crippen molar-refractivity contribution in [3.05, 3.63) is 0 Å². The van der Waals surface area contributed by atoms with Crippen LogP contribution in [0.25, 0.3) is 0 Å². The second kappa shape index (κ2) is 7.84. The van der Waals surface area contributed by atoms with Gasteiger partial charge in [-0.2, -0.15) is 0 Å². The highest BCUT2D eigenvalue weighted by atomic mass is 28.2. The summed E-state index contributed by atoms with van der Waals surface area (Å²) in [7, 11) is 2.39. The average Bonchev–Trinajstić information content (AvgIpc) is 2.23. The fourth-order valence-electron chi connectivity index (χ4n) is 0.797. The van der Waals surface area contributed by atoms with Crippen LogP contribution in [0.4, 0.5) is 0 Å². The van der Waals surface area contributed by atoms with E-state index in [1.807, 2.05) is 0 Å². The molecule has 5 nitrogen and oxygen atoms in total. The molecule has 0 saturated carbocycles. The molecule has 0 aliphatic rings. The molecule has 82 valence electrons. The van der Waals surface area contributed by atoms with Crippen LogP contribution in [0.2, 0.25) is 6.04 Å². The van der Waals surface area contributed by atoms with Gasteiger partial charge in [0.2, 0.25) is 6.08 Å². The van der Waals surface area contributed by atoms with E-state index in [1.54, 1.807) is 6.92 Å². The Kier molecular flexibility index (Phi) is 7.55. The molecule has 0 radical (unpaired) electrons. The summed E-state index contributed by atoms with van der Waals surface area (Å²) in [5.41, 5.74) is 0. The Morgan fingerprint density at radius 1 is 1.43 bits per heavy atom. The van der Waals surface area contributed by atoms with E-state index in [2.05, 4.69) is 4.99 Å². The largest absolute Gasteiger partial charge is 0.376 e. The molecular formula is C8H17NO4Si. The Hall–Kier alpha value is -0.523. The van der Waals surface area contributed by atoms with Gasteiger partial charge < -0.3 is 13.9 Å². The minimum atomic E-state index is -0.917. The number of hydrogen-bond donors (Lipinski definition) is 0. The Bertz CT molecular complexity index is 190. The molecule has 0 aromatic rings. The first-order valence-electron chi connectivity index (χ1n) is 4.46. The minimum Gasteiger partial charge on any atom is -0.376 e. The molecule has 0 bridgehead atoms. The number of aliphatic imine (C=N–C) groups is 1. The summed E-state index contributed by atoms with van der Waals surface area (Å²) in [6, 6.07) is 0.938. The van der Waals surface area contributed by atoms with Gasteiger partial charge in [-0.05, 0) is 12.5 Å². The Labute approximate surface area is 86.4 Å². The number of rotatable bonds is 8. The third kappa shape index (κ3) is 6.01. The third-order valence-corrected chi connectivity index (χ3v) is 3.35. The maximum atomic E-state index is 9.74. The molecule has 0 spiro atoms. The lowest BCUT2D eigenvalue weighted by Crippen LogP contribution is -2.34. The standard InChI is InChI=1S/C8H17NO4Si/c1-8(11-2,12-3)13-14-6-4-5-9-7-10/h4-6,14H2,1-3H3. The van der Waals surface area contributed by atoms with E-state index in [0.717, 1.165) is 12.5 Å². The molecule has 0 fully saturated rings. The molecule has 0 saturated heterocycles. The summed E-state index contributed by atoms with van der Waals surface area (Å²) < 4.78 is 15.5. The van der Waals surface area contributed by atoms with E-state index < -0.39 is 15.7 Å². The molecular weight excluding hydrogens is 202 g/mol. The van der Waals surface area contributed by atoms with Crippen LogP contribution in [-0.4, -0.2) is 42.6 Å². The van der Waals surface area contributed by atoms with Crippen molar-refractivity contribution >= 4 is 15.8 Å². The normalized spacial score (nSPS) is 11.9. The molecule has 0 rings (SSSR count). The summed E-state index contributed by atoms with van der Waals surface area (Å²) in [6.45, 7) is 2.25. The van der Waals surface area contributed by atoms with Crippen molar-refractivity contribution in [2.45, 2.75) is 25.4 Å². The van der Waals surface area contributed by atoms with Gasteiger partial charge in [-0.25, -0.2) is 9.79 Å². The van der Waals surface area contributed by atoms with Crippen LogP contribution < -0.4 is 0 Å². The second-order valence-corrected chi connectivity index (χ2v) is 4.20. The number of hydrogen-bond acceptors (Lipinski definition) is 5. The van der Waals surface area contributed by atoms with Crippen molar-refractivity contribution in [2.24, 2.45) is 4.99 Å². The monoisotopic (exact) mass is 219 g/mol. The topological polar surface area (TPSA) is 57.1 Å². The van der Waals surface area contributed by atoms with Crippen LogP contribution in [0.5, 0.6) is 0 Å². The van der Waals surface area contributed by atoms with Gasteiger partial charge >= 0.3 is 0 Å². The van der Waals surface area contributed by atoms with Gasteiger partial charge in [-0.3, -0.25) is 0 Å². The first kappa shape index (κ1) is 13.5. The zero-order valence-electron chi connectivity index (χ0n) is 8.91. The third-order valence-electron chi connectivity index (χ3n) is 1.83. The van der Waals surface area contributed by atoms with E-state index in [1.165, 1.54) is 20.3 Å². The van der Waals surface area contributed by atoms with E-state index >= 15 is 0 Å². The van der Waals surface area contributed by atoms with E-state index in [0.29, 0.717) is 6.54 Å². The smallest absolute Gasteiger partial charge is 0.269 e. The predicted molar refractivity (Wildman–Crippen MR) is 54.5 cm³/mol. The zero-order valence-corrected chi connectivity index (χ0v) is 10.3. The molecule has 14 heavy (non-hydrogen) atoms. The SMILES string of the molecule is COC(C)(OC)O[SiH2]CCCN=C=O. The molecule has 0 heterocycles. The Morgan fingerprint density at radius 3 is 2.57 bits per heavy atom. The van der Waals surface area contributed by atoms with Gasteiger partial charge in [0.1, 0.15) is 0 Å². The average molecular weight is 219 g/mol. The zero-order chi connectivity index (χ0) is 10.9. The number of ether oxygens (including phenoxy) is 2. The lowest BCUT2D eigenvalue weighted by atomic mass is 10.5. The van der Waals surface area contributed by atoms with Crippen LogP contribution in [0, 0.1) is 0 Å². The van der Waals surface area contributed by atoms with Gasteiger partial charge in [0, 0.05) is 21.1 Å². The summed E-state index contributed by atoms with van der Waals surface area (Å²) in [5, 5.41) is 0. The molecule has 0 unspecified atom stereocenters. The fourth-order valence-corrected chi connectivity index (χ4v) is 1.98. The van der Waals surface area contributed by atoms with Gasteiger partial charge in [0.05, 0.1) is 6.54 Å². The fraction of sp³-hybridized carbons (Fsp3) is 0.875. The number of isocyanates is 1. The highest BCUT2D eigenvalue weighted by molar-refractivity contribution is 6.27. The van der Waals surface area contributed by atoms with Crippen molar-refractivity contribution < 1.29 is 18.7 Å². The summed E-state index contributed by atoms with van der Waals surface area (Å²) in [6.07, 6.45) is 2.35. The Morgan fingerprint density at radius 2 is 2.07 bits per heavy atom. The maximum Gasteiger partial charge on any atom is 0.269 e. The van der Waals surface area contributed by atoms with Gasteiger partial charge in [-0.1, -0.05) is 0 Å². The Balaban J connectivity index is 3.47. The molecule has 0 aliphatic carbocycles. The van der Waals surface area contributed by atoms with E-state index in [-0.39, 0.29) is 0 Å². The molecule has 0 amide bonds. The van der Waals surface area contributed by atoms with Crippen LogP contribution in [0.1, 0.15) is 13.3 Å². The van der Waals surface area contributed by atoms with Crippen molar-refractivity contribution in [3.8, 4) is 0 Å². The highest BCUT2D eigenvalue weighted by Crippen LogP contribution is 2.11. The lowest BCUT2D eigenvalue weighted by molar-refractivity contribution is -0.310. The minimum absolute atomic E-state index is 0.524. The lowest BCUT2D eigenvalue weighted by Gasteiger charge is -2.26. The van der Waals surface area contributed by atoms with Crippen molar-refractivity contribution in [3.63, 3.8) is 0 Å². The van der Waals surface area contributed by atoms with E-state index in [4.69, 9.17) is 13.9 Å². The van der Waals surface area contributed by atoms with Crippen molar-refractivity contribution in [2.75, 3.05) is 20.8 Å².